The van der Waals surface area contributed by atoms with Crippen LogP contribution in [-0.2, 0) is 10.2 Å². The highest BCUT2D eigenvalue weighted by Gasteiger charge is 2.21. The van der Waals surface area contributed by atoms with E-state index in [4.69, 9.17) is 0 Å². The Kier molecular flexibility index (Phi) is 4.51. The lowest BCUT2D eigenvalue weighted by Crippen LogP contribution is -2.37. The molecule has 0 atom stereocenters. The predicted octanol–water partition coefficient (Wildman–Crippen LogP) is 2.59. The molecule has 0 saturated carbocycles. The molecule has 4 nitrogen and oxygen atoms in total. The third kappa shape index (κ3) is 3.65. The van der Waals surface area contributed by atoms with E-state index in [9.17, 15) is 12.8 Å². The highest BCUT2D eigenvalue weighted by atomic mass is 79.9. The summed E-state index contributed by atoms with van der Waals surface area (Å²) in [6.45, 7) is 3.50. The van der Waals surface area contributed by atoms with Gasteiger partial charge in [0.1, 0.15) is 5.82 Å². The molecule has 0 amide bonds. The first-order valence-corrected chi connectivity index (χ1v) is 7.18. The van der Waals surface area contributed by atoms with Crippen LogP contribution in [0.4, 0.5) is 10.1 Å². The zero-order valence-electron chi connectivity index (χ0n) is 9.74. The highest BCUT2D eigenvalue weighted by Crippen LogP contribution is 2.24. The molecule has 1 N–H and O–H groups in total. The molecule has 1 aromatic rings. The summed E-state index contributed by atoms with van der Waals surface area (Å²) >= 11 is 3.16. The van der Waals surface area contributed by atoms with Crippen LogP contribution in [0.5, 0.6) is 0 Å². The summed E-state index contributed by atoms with van der Waals surface area (Å²) < 4.78 is 40.7. The van der Waals surface area contributed by atoms with E-state index < -0.39 is 16.0 Å². The van der Waals surface area contributed by atoms with Gasteiger partial charge in [-0.25, -0.2) is 4.39 Å². The van der Waals surface area contributed by atoms with E-state index in [2.05, 4.69) is 20.7 Å². The van der Waals surface area contributed by atoms with E-state index >= 15 is 0 Å². The van der Waals surface area contributed by atoms with Gasteiger partial charge in [0.15, 0.2) is 0 Å². The number of nitrogens with one attached hydrogen (secondary N) is 1. The standard InChI is InChI=1S/C10H14BrFN2O2S/c1-7(2)14(3)17(15,16)13-10-6-8(12)4-5-9(10)11/h4-7,13H,1-3H3. The lowest BCUT2D eigenvalue weighted by molar-refractivity contribution is 0.414. The van der Waals surface area contributed by atoms with Crippen LogP contribution in [-0.4, -0.2) is 25.8 Å². The van der Waals surface area contributed by atoms with E-state index in [1.165, 1.54) is 23.5 Å². The molecule has 0 spiro atoms. The van der Waals surface area contributed by atoms with Gasteiger partial charge in [0.25, 0.3) is 0 Å². The SMILES string of the molecule is CC(C)N(C)S(=O)(=O)Nc1cc(F)ccc1Br. The molecule has 17 heavy (non-hydrogen) atoms. The minimum atomic E-state index is -3.67. The largest absolute Gasteiger partial charge is 0.301 e. The fourth-order valence-electron chi connectivity index (χ4n) is 1.06. The van der Waals surface area contributed by atoms with Crippen molar-refractivity contribution in [1.82, 2.24) is 4.31 Å². The van der Waals surface area contributed by atoms with Crippen molar-refractivity contribution in [2.45, 2.75) is 19.9 Å². The van der Waals surface area contributed by atoms with Gasteiger partial charge in [0.2, 0.25) is 0 Å². The zero-order valence-corrected chi connectivity index (χ0v) is 12.1. The van der Waals surface area contributed by atoms with Crippen LogP contribution in [0.25, 0.3) is 0 Å². The summed E-state index contributed by atoms with van der Waals surface area (Å²) in [6.07, 6.45) is 0. The number of rotatable bonds is 4. The van der Waals surface area contributed by atoms with Crippen LogP contribution in [0.15, 0.2) is 22.7 Å². The van der Waals surface area contributed by atoms with Crippen molar-refractivity contribution in [3.8, 4) is 0 Å². The van der Waals surface area contributed by atoms with Gasteiger partial charge in [-0.2, -0.15) is 12.7 Å². The maximum atomic E-state index is 13.0. The fourth-order valence-corrected chi connectivity index (χ4v) is 2.69. The Morgan fingerprint density at radius 2 is 2.00 bits per heavy atom. The molecule has 0 heterocycles. The van der Waals surface area contributed by atoms with Gasteiger partial charge >= 0.3 is 10.2 Å². The number of halogens is 2. The molecule has 0 aliphatic carbocycles. The fraction of sp³-hybridized carbons (Fsp3) is 0.400. The van der Waals surface area contributed by atoms with Crippen molar-refractivity contribution in [2.24, 2.45) is 0 Å². The number of nitrogens with zero attached hydrogens (tertiary/aromatic N) is 1. The number of anilines is 1. The number of hydrogen-bond donors (Lipinski definition) is 1. The maximum Gasteiger partial charge on any atom is 0.301 e. The summed E-state index contributed by atoms with van der Waals surface area (Å²) in [4.78, 5) is 0. The monoisotopic (exact) mass is 324 g/mol. The first kappa shape index (κ1) is 14.4. The van der Waals surface area contributed by atoms with Crippen LogP contribution < -0.4 is 4.72 Å². The molecule has 0 radical (unpaired) electrons. The van der Waals surface area contributed by atoms with E-state index in [1.54, 1.807) is 13.8 Å². The van der Waals surface area contributed by atoms with Gasteiger partial charge in [-0.05, 0) is 48.0 Å². The third-order valence-corrected chi connectivity index (χ3v) is 4.62. The number of hydrogen-bond acceptors (Lipinski definition) is 2. The van der Waals surface area contributed by atoms with Gasteiger partial charge in [0.05, 0.1) is 5.69 Å². The lowest BCUT2D eigenvalue weighted by atomic mass is 10.3. The zero-order chi connectivity index (χ0) is 13.2. The summed E-state index contributed by atoms with van der Waals surface area (Å²) in [5, 5.41) is 0. The molecule has 96 valence electrons. The van der Waals surface area contributed by atoms with Crippen molar-refractivity contribution in [3.63, 3.8) is 0 Å². The van der Waals surface area contributed by atoms with Crippen LogP contribution in [0, 0.1) is 5.82 Å². The minimum absolute atomic E-state index is 0.178. The highest BCUT2D eigenvalue weighted by molar-refractivity contribution is 9.10. The second kappa shape index (κ2) is 5.32. The van der Waals surface area contributed by atoms with Crippen molar-refractivity contribution in [1.29, 1.82) is 0 Å². The lowest BCUT2D eigenvalue weighted by Gasteiger charge is -2.22. The van der Waals surface area contributed by atoms with Crippen LogP contribution in [0.2, 0.25) is 0 Å². The summed E-state index contributed by atoms with van der Waals surface area (Å²) in [5.74, 6) is -0.502. The molecule has 1 aromatic carbocycles. The Balaban J connectivity index is 3.02. The summed E-state index contributed by atoms with van der Waals surface area (Å²) in [7, 11) is -2.21. The maximum absolute atomic E-state index is 13.0. The minimum Gasteiger partial charge on any atom is -0.270 e. The molecule has 0 bridgehead atoms. The topological polar surface area (TPSA) is 49.4 Å². The van der Waals surface area contributed by atoms with Gasteiger partial charge in [-0.1, -0.05) is 0 Å². The van der Waals surface area contributed by atoms with Crippen LogP contribution >= 0.6 is 15.9 Å². The van der Waals surface area contributed by atoms with Crippen molar-refractivity contribution in [3.05, 3.63) is 28.5 Å². The molecular formula is C10H14BrFN2O2S. The number of benzene rings is 1. The molecule has 0 aliphatic heterocycles. The smallest absolute Gasteiger partial charge is 0.270 e. The Labute approximate surface area is 109 Å². The van der Waals surface area contributed by atoms with E-state index in [0.717, 1.165) is 6.07 Å². The molecule has 7 heteroatoms. The molecule has 0 aromatic heterocycles. The second-order valence-corrected chi connectivity index (χ2v) is 6.43. The molecule has 0 aliphatic rings. The van der Waals surface area contributed by atoms with Crippen molar-refractivity contribution < 1.29 is 12.8 Å². The van der Waals surface area contributed by atoms with Crippen LogP contribution in [0.1, 0.15) is 13.8 Å². The quantitative estimate of drug-likeness (QED) is 0.925. The second-order valence-electron chi connectivity index (χ2n) is 3.84. The molecular weight excluding hydrogens is 311 g/mol. The van der Waals surface area contributed by atoms with E-state index in [0.29, 0.717) is 4.47 Å². The van der Waals surface area contributed by atoms with Gasteiger partial charge in [-0.3, -0.25) is 4.72 Å². The van der Waals surface area contributed by atoms with Gasteiger partial charge < -0.3 is 0 Å². The van der Waals surface area contributed by atoms with Gasteiger partial charge in [0, 0.05) is 17.6 Å². The van der Waals surface area contributed by atoms with Gasteiger partial charge in [-0.15, -0.1) is 0 Å². The Hall–Kier alpha value is -0.660. The van der Waals surface area contributed by atoms with Crippen LogP contribution in [0.3, 0.4) is 0 Å². The Morgan fingerprint density at radius 1 is 1.41 bits per heavy atom. The first-order valence-electron chi connectivity index (χ1n) is 4.95. The third-order valence-electron chi connectivity index (χ3n) is 2.27. The molecule has 1 rings (SSSR count). The predicted molar refractivity (Wildman–Crippen MR) is 69.5 cm³/mol. The first-order chi connectivity index (χ1) is 7.74. The van der Waals surface area contributed by atoms with E-state index in [-0.39, 0.29) is 11.7 Å². The summed E-state index contributed by atoms with van der Waals surface area (Å²) in [6, 6.07) is 3.63. The molecule has 0 saturated heterocycles. The van der Waals surface area contributed by atoms with Crippen molar-refractivity contribution in [2.75, 3.05) is 11.8 Å². The molecule has 0 unspecified atom stereocenters. The average molecular weight is 325 g/mol. The average Bonchev–Trinajstić information content (AvgIpc) is 2.21. The van der Waals surface area contributed by atoms with E-state index in [1.807, 2.05) is 0 Å². The normalized spacial score (nSPS) is 12.2. The summed E-state index contributed by atoms with van der Waals surface area (Å²) in [5.41, 5.74) is 0.178. The van der Waals surface area contributed by atoms with Crippen molar-refractivity contribution >= 4 is 31.8 Å². The Bertz CT molecular complexity index is 505. The Morgan fingerprint density at radius 3 is 2.53 bits per heavy atom. The molecule has 0 fully saturated rings.